The molecule has 1 aliphatic rings. The first-order valence-electron chi connectivity index (χ1n) is 5.51. The summed E-state index contributed by atoms with van der Waals surface area (Å²) in [6.45, 7) is -0.103. The van der Waals surface area contributed by atoms with Crippen molar-refractivity contribution in [3.05, 3.63) is 0 Å². The van der Waals surface area contributed by atoms with Gasteiger partial charge in [-0.3, -0.25) is 4.79 Å². The number of nitrogens with one attached hydrogen (secondary N) is 2. The Morgan fingerprint density at radius 1 is 1.33 bits per heavy atom. The number of nitrogens with two attached hydrogens (primary N) is 1. The van der Waals surface area contributed by atoms with E-state index in [0.29, 0.717) is 12.8 Å². The van der Waals surface area contributed by atoms with E-state index < -0.39 is 27.6 Å². The maximum Gasteiger partial charge on any atom is 0.315 e. The van der Waals surface area contributed by atoms with Crippen LogP contribution >= 0.6 is 0 Å². The van der Waals surface area contributed by atoms with Gasteiger partial charge in [0.05, 0.1) is 17.7 Å². The van der Waals surface area contributed by atoms with E-state index in [-0.39, 0.29) is 18.7 Å². The van der Waals surface area contributed by atoms with E-state index in [1.807, 2.05) is 0 Å². The highest BCUT2D eigenvalue weighted by atomic mass is 32.2. The smallest absolute Gasteiger partial charge is 0.315 e. The fraction of sp³-hybridized carbons (Fsp3) is 0.778. The van der Waals surface area contributed by atoms with Gasteiger partial charge in [0.25, 0.3) is 0 Å². The van der Waals surface area contributed by atoms with Crippen LogP contribution in [0.1, 0.15) is 25.7 Å². The molecule has 1 aliphatic carbocycles. The van der Waals surface area contributed by atoms with Crippen LogP contribution in [0.5, 0.6) is 0 Å². The summed E-state index contributed by atoms with van der Waals surface area (Å²) < 4.78 is 21.3. The van der Waals surface area contributed by atoms with Crippen molar-refractivity contribution in [3.63, 3.8) is 0 Å². The summed E-state index contributed by atoms with van der Waals surface area (Å²) in [5.74, 6) is -1.33. The fourth-order valence-corrected chi connectivity index (χ4v) is 2.22. The first-order chi connectivity index (χ1) is 8.22. The number of carbonyl (C=O) groups is 2. The molecule has 8 nitrogen and oxygen atoms in total. The van der Waals surface area contributed by atoms with E-state index in [1.165, 1.54) is 0 Å². The number of rotatable bonds is 6. The third kappa shape index (κ3) is 4.88. The van der Waals surface area contributed by atoms with Gasteiger partial charge in [-0.15, -0.1) is 0 Å². The average Bonchev–Trinajstić information content (AvgIpc) is 2.11. The Bertz CT molecular complexity index is 429. The van der Waals surface area contributed by atoms with E-state index in [9.17, 15) is 18.0 Å². The number of sulfonamides is 1. The molecule has 0 unspecified atom stereocenters. The maximum atomic E-state index is 11.5. The predicted molar refractivity (Wildman–Crippen MR) is 63.3 cm³/mol. The van der Waals surface area contributed by atoms with Gasteiger partial charge in [0.2, 0.25) is 10.0 Å². The molecule has 0 spiro atoms. The quantitative estimate of drug-likeness (QED) is 0.492. The van der Waals surface area contributed by atoms with Crippen LogP contribution in [-0.2, 0) is 14.8 Å². The largest absolute Gasteiger partial charge is 0.481 e. The van der Waals surface area contributed by atoms with Crippen LogP contribution in [0.4, 0.5) is 4.79 Å². The molecule has 0 aromatic rings. The molecule has 0 atom stereocenters. The number of carboxylic acids is 1. The van der Waals surface area contributed by atoms with E-state index in [1.54, 1.807) is 0 Å². The van der Waals surface area contributed by atoms with Crippen LogP contribution < -0.4 is 15.8 Å². The monoisotopic (exact) mass is 279 g/mol. The molecule has 9 heteroatoms. The molecule has 1 rings (SSSR count). The van der Waals surface area contributed by atoms with Crippen LogP contribution in [0.3, 0.4) is 0 Å². The van der Waals surface area contributed by atoms with Crippen molar-refractivity contribution in [2.24, 2.45) is 5.14 Å². The molecule has 1 saturated carbocycles. The first kappa shape index (κ1) is 14.7. The Hall–Kier alpha value is -1.35. The molecule has 18 heavy (non-hydrogen) atoms. The lowest BCUT2D eigenvalue weighted by Gasteiger charge is -2.41. The van der Waals surface area contributed by atoms with E-state index in [2.05, 4.69) is 10.6 Å². The van der Waals surface area contributed by atoms with Gasteiger partial charge < -0.3 is 15.7 Å². The molecule has 5 N–H and O–H groups in total. The minimum absolute atomic E-state index is 0.103. The second-order valence-corrected chi connectivity index (χ2v) is 6.19. The average molecular weight is 279 g/mol. The number of carbonyl (C=O) groups excluding carboxylic acids is 1. The Balaban J connectivity index is 2.36. The molecular weight excluding hydrogens is 262 g/mol. The normalized spacial score (nSPS) is 17.6. The van der Waals surface area contributed by atoms with E-state index in [4.69, 9.17) is 10.2 Å². The minimum Gasteiger partial charge on any atom is -0.481 e. The van der Waals surface area contributed by atoms with Gasteiger partial charge >= 0.3 is 12.0 Å². The lowest BCUT2D eigenvalue weighted by Crippen LogP contribution is -2.57. The molecule has 0 heterocycles. The Labute approximate surface area is 105 Å². The van der Waals surface area contributed by atoms with Gasteiger partial charge in [-0.1, -0.05) is 0 Å². The third-order valence-electron chi connectivity index (χ3n) is 2.85. The van der Waals surface area contributed by atoms with Crippen molar-refractivity contribution in [1.29, 1.82) is 0 Å². The Morgan fingerprint density at radius 2 is 1.94 bits per heavy atom. The van der Waals surface area contributed by atoms with Crippen molar-refractivity contribution in [2.45, 2.75) is 31.2 Å². The molecule has 0 saturated heterocycles. The van der Waals surface area contributed by atoms with Crippen LogP contribution in [0.2, 0.25) is 0 Å². The van der Waals surface area contributed by atoms with Crippen molar-refractivity contribution in [3.8, 4) is 0 Å². The Kier molecular flexibility index (Phi) is 4.52. The van der Waals surface area contributed by atoms with Crippen molar-refractivity contribution in [1.82, 2.24) is 10.6 Å². The van der Waals surface area contributed by atoms with E-state index >= 15 is 0 Å². The van der Waals surface area contributed by atoms with Crippen molar-refractivity contribution >= 4 is 22.0 Å². The third-order valence-corrected chi connectivity index (χ3v) is 3.62. The number of urea groups is 1. The van der Waals surface area contributed by atoms with Crippen molar-refractivity contribution < 1.29 is 23.1 Å². The van der Waals surface area contributed by atoms with Crippen LogP contribution in [0.15, 0.2) is 0 Å². The maximum absolute atomic E-state index is 11.5. The lowest BCUT2D eigenvalue weighted by atomic mass is 9.74. The van der Waals surface area contributed by atoms with Gasteiger partial charge in [-0.05, 0) is 19.3 Å². The molecule has 0 radical (unpaired) electrons. The number of hydrogen-bond donors (Lipinski definition) is 4. The van der Waals surface area contributed by atoms with Gasteiger partial charge in [0.15, 0.2) is 0 Å². The van der Waals surface area contributed by atoms with Gasteiger partial charge in [-0.25, -0.2) is 18.4 Å². The van der Waals surface area contributed by atoms with Crippen LogP contribution in [0.25, 0.3) is 0 Å². The number of hydrogen-bond acceptors (Lipinski definition) is 4. The van der Waals surface area contributed by atoms with Crippen molar-refractivity contribution in [2.75, 3.05) is 12.3 Å². The molecule has 104 valence electrons. The summed E-state index contributed by atoms with van der Waals surface area (Å²) in [6.07, 6.45) is 1.96. The molecular formula is C9H17N3O5S. The zero-order valence-corrected chi connectivity index (χ0v) is 10.6. The minimum atomic E-state index is -3.61. The Morgan fingerprint density at radius 3 is 2.33 bits per heavy atom. The highest BCUT2D eigenvalue weighted by Crippen LogP contribution is 2.34. The summed E-state index contributed by atoms with van der Waals surface area (Å²) in [7, 11) is -3.61. The summed E-state index contributed by atoms with van der Waals surface area (Å²) >= 11 is 0. The zero-order valence-electron chi connectivity index (χ0n) is 9.81. The SMILES string of the molecule is NS(=O)(=O)CCNC(=O)NC1(CC(=O)O)CCC1. The second kappa shape index (κ2) is 5.53. The predicted octanol–water partition coefficient (Wildman–Crippen LogP) is -1.03. The number of carboxylic acid groups (broad SMARTS) is 1. The number of primary sulfonamides is 1. The molecule has 0 bridgehead atoms. The lowest BCUT2D eigenvalue weighted by molar-refractivity contribution is -0.139. The molecule has 0 aliphatic heterocycles. The standard InChI is InChI=1S/C9H17N3O5S/c10-18(16,17)5-4-11-8(15)12-9(2-1-3-9)6-7(13)14/h1-6H2,(H,13,14)(H2,10,16,17)(H2,11,12,15). The molecule has 0 aromatic carbocycles. The summed E-state index contributed by atoms with van der Waals surface area (Å²) in [5.41, 5.74) is -0.697. The first-order valence-corrected chi connectivity index (χ1v) is 7.22. The van der Waals surface area contributed by atoms with Gasteiger partial charge in [0.1, 0.15) is 0 Å². The number of aliphatic carboxylic acids is 1. The molecule has 0 aromatic heterocycles. The highest BCUT2D eigenvalue weighted by Gasteiger charge is 2.40. The van der Waals surface area contributed by atoms with E-state index in [0.717, 1.165) is 6.42 Å². The van der Waals surface area contributed by atoms with Crippen LogP contribution in [-0.4, -0.2) is 43.4 Å². The van der Waals surface area contributed by atoms with Crippen LogP contribution in [0, 0.1) is 0 Å². The number of amides is 2. The topological polar surface area (TPSA) is 139 Å². The highest BCUT2D eigenvalue weighted by molar-refractivity contribution is 7.89. The fourth-order valence-electron chi connectivity index (χ4n) is 1.83. The second-order valence-electron chi connectivity index (χ2n) is 4.45. The molecule has 1 fully saturated rings. The summed E-state index contributed by atoms with van der Waals surface area (Å²) in [6, 6.07) is -0.570. The molecule has 2 amide bonds. The zero-order chi connectivity index (χ0) is 13.8. The summed E-state index contributed by atoms with van der Waals surface area (Å²) in [5, 5.41) is 18.4. The van der Waals surface area contributed by atoms with Gasteiger partial charge in [0, 0.05) is 6.54 Å². The summed E-state index contributed by atoms with van der Waals surface area (Å²) in [4.78, 5) is 22.1. The van der Waals surface area contributed by atoms with Gasteiger partial charge in [-0.2, -0.15) is 0 Å².